The van der Waals surface area contributed by atoms with Gasteiger partial charge in [-0.15, -0.1) is 0 Å². The Bertz CT molecular complexity index is 381. The molecule has 0 aliphatic rings. The maximum absolute atomic E-state index is 10.7. The van der Waals surface area contributed by atoms with Crippen LogP contribution in [0, 0.1) is 6.92 Å². The van der Waals surface area contributed by atoms with Gasteiger partial charge in [-0.3, -0.25) is 4.79 Å². The highest BCUT2D eigenvalue weighted by molar-refractivity contribution is 5.74. The molecule has 0 saturated heterocycles. The molecule has 0 saturated carbocycles. The number of nitrogens with one attached hydrogen (secondary N) is 1. The largest absolute Gasteiger partial charge is 0.481 e. The summed E-state index contributed by atoms with van der Waals surface area (Å²) in [5.74, 6) is 1.37. The van der Waals surface area contributed by atoms with Crippen LogP contribution < -0.4 is 15.8 Å². The van der Waals surface area contributed by atoms with Crippen LogP contribution in [0.5, 0.6) is 5.88 Å². The van der Waals surface area contributed by atoms with Crippen LogP contribution in [0.25, 0.3) is 0 Å². The second-order valence-electron chi connectivity index (χ2n) is 3.56. The minimum atomic E-state index is -0.349. The molecule has 0 aromatic carbocycles. The number of nitrogens with zero attached hydrogens (tertiary/aromatic N) is 2. The number of ether oxygens (including phenoxy) is 1. The summed E-state index contributed by atoms with van der Waals surface area (Å²) < 4.78 is 5.02. The topological polar surface area (TPSA) is 90.1 Å². The third-order valence-corrected chi connectivity index (χ3v) is 1.93. The molecule has 16 heavy (non-hydrogen) atoms. The Morgan fingerprint density at radius 1 is 1.62 bits per heavy atom. The van der Waals surface area contributed by atoms with Gasteiger partial charge in [0.2, 0.25) is 11.8 Å². The number of methoxy groups -OCH3 is 1. The molecular weight excluding hydrogens is 208 g/mol. The maximum Gasteiger partial charge on any atom is 0.219 e. The van der Waals surface area contributed by atoms with Gasteiger partial charge in [-0.05, 0) is 13.8 Å². The van der Waals surface area contributed by atoms with Crippen LogP contribution in [0.2, 0.25) is 0 Å². The van der Waals surface area contributed by atoms with E-state index in [0.717, 1.165) is 0 Å². The molecule has 0 bridgehead atoms. The quantitative estimate of drug-likeness (QED) is 0.758. The van der Waals surface area contributed by atoms with Gasteiger partial charge in [-0.2, -0.15) is 4.98 Å². The highest BCUT2D eigenvalue weighted by atomic mass is 16.5. The van der Waals surface area contributed by atoms with Gasteiger partial charge in [0.15, 0.2) is 0 Å². The minimum Gasteiger partial charge on any atom is -0.481 e. The summed E-state index contributed by atoms with van der Waals surface area (Å²) in [6.45, 7) is 3.63. The number of nitrogens with two attached hydrogens (primary N) is 1. The fraction of sp³-hybridized carbons (Fsp3) is 0.500. The highest BCUT2D eigenvalue weighted by Crippen LogP contribution is 2.13. The third-order valence-electron chi connectivity index (χ3n) is 1.93. The summed E-state index contributed by atoms with van der Waals surface area (Å²) in [6.07, 6.45) is 0.255. The first-order chi connectivity index (χ1) is 7.51. The average Bonchev–Trinajstić information content (AvgIpc) is 2.14. The van der Waals surface area contributed by atoms with Gasteiger partial charge in [0, 0.05) is 18.5 Å². The van der Waals surface area contributed by atoms with Gasteiger partial charge in [0.1, 0.15) is 11.6 Å². The number of hydrogen-bond acceptors (Lipinski definition) is 5. The van der Waals surface area contributed by atoms with Crippen molar-refractivity contribution in [2.75, 3.05) is 12.4 Å². The van der Waals surface area contributed by atoms with Crippen LogP contribution >= 0.6 is 0 Å². The number of primary amides is 1. The first-order valence-corrected chi connectivity index (χ1v) is 4.95. The molecule has 1 rings (SSSR count). The molecule has 1 aromatic heterocycles. The van der Waals surface area contributed by atoms with Crippen molar-refractivity contribution in [3.63, 3.8) is 0 Å². The number of rotatable bonds is 5. The standard InChI is InChI=1S/C10H16N4O2/c1-6(4-8(11)15)12-9-5-10(16-3)14-7(2)13-9/h5-6H,4H2,1-3H3,(H2,11,15)(H,12,13,14). The number of amides is 1. The van der Waals surface area contributed by atoms with Crippen LogP contribution in [0.1, 0.15) is 19.2 Å². The summed E-state index contributed by atoms with van der Waals surface area (Å²) in [7, 11) is 1.54. The molecule has 1 aromatic rings. The van der Waals surface area contributed by atoms with E-state index in [0.29, 0.717) is 17.5 Å². The molecule has 3 N–H and O–H groups in total. The Hall–Kier alpha value is -1.85. The van der Waals surface area contributed by atoms with E-state index in [1.165, 1.54) is 0 Å². The Kier molecular flexibility index (Phi) is 4.04. The normalized spacial score (nSPS) is 11.9. The maximum atomic E-state index is 10.7. The summed E-state index contributed by atoms with van der Waals surface area (Å²) >= 11 is 0. The lowest BCUT2D eigenvalue weighted by atomic mass is 10.2. The van der Waals surface area contributed by atoms with Crippen LogP contribution in [-0.4, -0.2) is 29.0 Å². The van der Waals surface area contributed by atoms with Gasteiger partial charge in [0.05, 0.1) is 7.11 Å². The number of aryl methyl sites for hydroxylation is 1. The summed E-state index contributed by atoms with van der Waals surface area (Å²) in [6, 6.07) is 1.60. The molecule has 0 aliphatic heterocycles. The molecule has 0 radical (unpaired) electrons. The summed E-state index contributed by atoms with van der Waals surface area (Å²) in [5.41, 5.74) is 5.10. The predicted molar refractivity (Wildman–Crippen MR) is 60.2 cm³/mol. The van der Waals surface area contributed by atoms with Gasteiger partial charge in [0.25, 0.3) is 0 Å². The second kappa shape index (κ2) is 5.29. The Balaban J connectivity index is 2.72. The zero-order chi connectivity index (χ0) is 12.1. The minimum absolute atomic E-state index is 0.0727. The van der Waals surface area contributed by atoms with Crippen molar-refractivity contribution in [1.82, 2.24) is 9.97 Å². The fourth-order valence-electron chi connectivity index (χ4n) is 1.32. The Labute approximate surface area is 94.2 Å². The van der Waals surface area contributed by atoms with Crippen molar-refractivity contribution in [3.05, 3.63) is 11.9 Å². The monoisotopic (exact) mass is 224 g/mol. The van der Waals surface area contributed by atoms with Gasteiger partial charge < -0.3 is 15.8 Å². The van der Waals surface area contributed by atoms with E-state index in [4.69, 9.17) is 10.5 Å². The van der Waals surface area contributed by atoms with Crippen molar-refractivity contribution in [3.8, 4) is 5.88 Å². The van der Waals surface area contributed by atoms with E-state index < -0.39 is 0 Å². The number of anilines is 1. The fourth-order valence-corrected chi connectivity index (χ4v) is 1.32. The van der Waals surface area contributed by atoms with Crippen LogP contribution in [0.3, 0.4) is 0 Å². The zero-order valence-corrected chi connectivity index (χ0v) is 9.65. The van der Waals surface area contributed by atoms with Crippen molar-refractivity contribution < 1.29 is 9.53 Å². The van der Waals surface area contributed by atoms with Crippen molar-refractivity contribution >= 4 is 11.7 Å². The number of carbonyl (C=O) groups is 1. The predicted octanol–water partition coefficient (Wildman–Crippen LogP) is 0.469. The van der Waals surface area contributed by atoms with Gasteiger partial charge >= 0.3 is 0 Å². The molecule has 1 heterocycles. The Morgan fingerprint density at radius 3 is 2.88 bits per heavy atom. The van der Waals surface area contributed by atoms with Crippen LogP contribution in [0.15, 0.2) is 6.07 Å². The third kappa shape index (κ3) is 3.72. The lowest BCUT2D eigenvalue weighted by Crippen LogP contribution is -2.24. The van der Waals surface area contributed by atoms with E-state index in [1.807, 2.05) is 6.92 Å². The molecule has 0 fully saturated rings. The lowest BCUT2D eigenvalue weighted by Gasteiger charge is -2.13. The molecule has 6 heteroatoms. The molecular formula is C10H16N4O2. The first-order valence-electron chi connectivity index (χ1n) is 4.95. The zero-order valence-electron chi connectivity index (χ0n) is 9.65. The summed E-state index contributed by atoms with van der Waals surface area (Å²) in [4.78, 5) is 18.9. The van der Waals surface area contributed by atoms with Gasteiger partial charge in [-0.1, -0.05) is 0 Å². The average molecular weight is 224 g/mol. The molecule has 1 unspecified atom stereocenters. The molecule has 88 valence electrons. The molecule has 1 amide bonds. The van der Waals surface area contributed by atoms with E-state index in [9.17, 15) is 4.79 Å². The van der Waals surface area contributed by atoms with Crippen LogP contribution in [-0.2, 0) is 4.79 Å². The molecule has 6 nitrogen and oxygen atoms in total. The van der Waals surface area contributed by atoms with Crippen molar-refractivity contribution in [1.29, 1.82) is 0 Å². The SMILES string of the molecule is COc1cc(NC(C)CC(N)=O)nc(C)n1. The van der Waals surface area contributed by atoms with E-state index >= 15 is 0 Å². The summed E-state index contributed by atoms with van der Waals surface area (Å²) in [5, 5.41) is 3.06. The van der Waals surface area contributed by atoms with E-state index in [1.54, 1.807) is 20.1 Å². The van der Waals surface area contributed by atoms with Gasteiger partial charge in [-0.25, -0.2) is 4.98 Å². The van der Waals surface area contributed by atoms with Crippen molar-refractivity contribution in [2.24, 2.45) is 5.73 Å². The number of carbonyl (C=O) groups excluding carboxylic acids is 1. The first kappa shape index (κ1) is 12.2. The highest BCUT2D eigenvalue weighted by Gasteiger charge is 2.08. The number of hydrogen-bond donors (Lipinski definition) is 2. The van der Waals surface area contributed by atoms with Crippen LogP contribution in [0.4, 0.5) is 5.82 Å². The van der Waals surface area contributed by atoms with Crippen molar-refractivity contribution in [2.45, 2.75) is 26.3 Å². The molecule has 1 atom stereocenters. The lowest BCUT2D eigenvalue weighted by molar-refractivity contribution is -0.118. The molecule has 0 spiro atoms. The second-order valence-corrected chi connectivity index (χ2v) is 3.56. The number of aromatic nitrogens is 2. The molecule has 0 aliphatic carbocycles. The smallest absolute Gasteiger partial charge is 0.219 e. The van der Waals surface area contributed by atoms with E-state index in [2.05, 4.69) is 15.3 Å². The Morgan fingerprint density at radius 2 is 2.31 bits per heavy atom. The van der Waals surface area contributed by atoms with E-state index in [-0.39, 0.29) is 18.4 Å².